The van der Waals surface area contributed by atoms with Gasteiger partial charge in [0.2, 0.25) is 0 Å². The third kappa shape index (κ3) is 10.7. The van der Waals surface area contributed by atoms with Crippen LogP contribution in [0.3, 0.4) is 0 Å². The molecule has 0 radical (unpaired) electrons. The molecule has 1 fully saturated rings. The number of Topliss-reactive ketones (excluding diaryl/α,β-unsaturated/α-hetero) is 1. The molecule has 1 heterocycles. The highest BCUT2D eigenvalue weighted by molar-refractivity contribution is 6.14. The van der Waals surface area contributed by atoms with Crippen molar-refractivity contribution in [1.82, 2.24) is 0 Å². The SMILES string of the molecule is C/C=C/c1c(C)cc2c(C=O)c3c(c(O)c2c1C)C(=O)CC[C@@H]3OCc1ccc(OC)cc1.COc1ccc(CO[C@H]2CCC(O)c3c2c(C=O)c2cc(C)c(C=O)c(C)c2c3O)cc1.OC1CCCO1. The van der Waals surface area contributed by atoms with Crippen molar-refractivity contribution in [2.24, 2.45) is 0 Å². The van der Waals surface area contributed by atoms with Crippen molar-refractivity contribution >= 4 is 52.3 Å². The quantitative estimate of drug-likeness (QED) is 0.0847. The number of carbonyl (C=O) groups is 4. The number of aldehydes is 3. The summed E-state index contributed by atoms with van der Waals surface area (Å²) in [5.74, 6) is 1.20. The Labute approximate surface area is 413 Å². The van der Waals surface area contributed by atoms with Crippen molar-refractivity contribution in [3.05, 3.63) is 145 Å². The van der Waals surface area contributed by atoms with Crippen molar-refractivity contribution in [2.45, 2.75) is 111 Å². The second-order valence-corrected chi connectivity index (χ2v) is 18.1. The minimum atomic E-state index is -0.922. The first-order valence-electron chi connectivity index (χ1n) is 23.8. The number of benzene rings is 6. The van der Waals surface area contributed by atoms with E-state index < -0.39 is 24.6 Å². The zero-order valence-corrected chi connectivity index (χ0v) is 41.3. The highest BCUT2D eigenvalue weighted by Gasteiger charge is 2.36. The highest BCUT2D eigenvalue weighted by Crippen LogP contribution is 2.50. The Morgan fingerprint density at radius 2 is 1.14 bits per heavy atom. The Kier molecular flexibility index (Phi) is 16.9. The highest BCUT2D eigenvalue weighted by atomic mass is 16.6. The lowest BCUT2D eigenvalue weighted by molar-refractivity contribution is -0.0589. The third-order valence-electron chi connectivity index (χ3n) is 13.8. The Balaban J connectivity index is 0.000000186. The zero-order chi connectivity index (χ0) is 51.1. The molecule has 0 spiro atoms. The maximum Gasteiger partial charge on any atom is 0.167 e. The maximum absolute atomic E-state index is 12.9. The van der Waals surface area contributed by atoms with Gasteiger partial charge in [-0.15, -0.1) is 0 Å². The molecule has 3 aliphatic rings. The number of aliphatic hydroxyl groups is 2. The zero-order valence-electron chi connectivity index (χ0n) is 41.3. The summed E-state index contributed by atoms with van der Waals surface area (Å²) >= 11 is 0. The molecule has 13 nitrogen and oxygen atoms in total. The van der Waals surface area contributed by atoms with Gasteiger partial charge in [-0.3, -0.25) is 19.2 Å². The second kappa shape index (κ2) is 23.0. The van der Waals surface area contributed by atoms with Crippen LogP contribution in [0.5, 0.6) is 23.0 Å². The van der Waals surface area contributed by atoms with Crippen LogP contribution in [0.4, 0.5) is 0 Å². The van der Waals surface area contributed by atoms with Crippen LogP contribution in [-0.4, -0.2) is 72.2 Å². The number of rotatable bonds is 12. The van der Waals surface area contributed by atoms with Gasteiger partial charge in [0.1, 0.15) is 23.0 Å². The van der Waals surface area contributed by atoms with Gasteiger partial charge in [-0.2, -0.15) is 0 Å². The lowest BCUT2D eigenvalue weighted by atomic mass is 9.79. The summed E-state index contributed by atoms with van der Waals surface area (Å²) in [6.07, 6.45) is 7.36. The summed E-state index contributed by atoms with van der Waals surface area (Å²) in [6, 6.07) is 18.7. The predicted molar refractivity (Wildman–Crippen MR) is 271 cm³/mol. The standard InChI is InChI=1S/C28H28O5.C26H26O6.C4H8O2/c1-5-6-20-16(2)13-21-22(14-29)26-24(33-15-18-7-9-19(32-4)10-8-18)12-11-23(30)27(26)28(31)25(21)17(20)3;1-14-10-18-20(12-28)24-22(32-13-16-4-6-17(31-3)7-5-16)9-8-21(29)25(24)26(30)23(18)15(2)19(14)11-27;5-4-2-1-3-6-4/h5-10,13-14,24,31H,11-12,15H2,1-4H3;4-7,10-12,21-22,29-30H,8-9,13H2,1-3H3;4-5H,1-3H2/b6-5+;;/t24-;21?,22-;/m00./s1. The Bertz CT molecular complexity index is 2980. The minimum Gasteiger partial charge on any atom is -0.507 e. The fraction of sp³-hybridized carbons (Fsp3) is 0.345. The van der Waals surface area contributed by atoms with Crippen molar-refractivity contribution < 1.29 is 63.3 Å². The summed E-state index contributed by atoms with van der Waals surface area (Å²) in [6.45, 7) is 10.7. The van der Waals surface area contributed by atoms with E-state index in [1.807, 2.05) is 87.5 Å². The first kappa shape index (κ1) is 52.1. The van der Waals surface area contributed by atoms with Crippen LogP contribution < -0.4 is 9.47 Å². The molecular weight excluding hydrogens is 905 g/mol. The van der Waals surface area contributed by atoms with Crippen LogP contribution in [0.1, 0.15) is 161 Å². The molecular formula is C58H62O13. The van der Waals surface area contributed by atoms with Crippen LogP contribution in [0, 0.1) is 27.7 Å². The molecule has 4 atom stereocenters. The summed E-state index contributed by atoms with van der Waals surface area (Å²) in [4.78, 5) is 49.2. The molecule has 1 saturated heterocycles. The normalized spacial score (nSPS) is 18.2. The first-order chi connectivity index (χ1) is 34.2. The van der Waals surface area contributed by atoms with Crippen LogP contribution in [0.2, 0.25) is 0 Å². The molecule has 2 unspecified atom stereocenters. The van der Waals surface area contributed by atoms with Crippen molar-refractivity contribution in [3.63, 3.8) is 0 Å². The predicted octanol–water partition coefficient (Wildman–Crippen LogP) is 11.2. The van der Waals surface area contributed by atoms with Crippen molar-refractivity contribution in [1.29, 1.82) is 0 Å². The van der Waals surface area contributed by atoms with E-state index >= 15 is 0 Å². The number of ketones is 1. The van der Waals surface area contributed by atoms with Gasteiger partial charge in [0, 0.05) is 63.6 Å². The summed E-state index contributed by atoms with van der Waals surface area (Å²) in [5.41, 5.74) is 8.86. The van der Waals surface area contributed by atoms with Crippen LogP contribution in [0.15, 0.2) is 66.7 Å². The van der Waals surface area contributed by atoms with Gasteiger partial charge in [0.25, 0.3) is 0 Å². The molecule has 6 aromatic carbocycles. The molecule has 372 valence electrons. The Morgan fingerprint density at radius 1 is 0.634 bits per heavy atom. The minimum absolute atomic E-state index is 0.0587. The number of phenolic OH excluding ortho intramolecular Hbond substituents is 2. The Morgan fingerprint density at radius 3 is 1.62 bits per heavy atom. The van der Waals surface area contributed by atoms with Crippen LogP contribution >= 0.6 is 0 Å². The third-order valence-corrected chi connectivity index (χ3v) is 13.8. The smallest absolute Gasteiger partial charge is 0.167 e. The summed E-state index contributed by atoms with van der Waals surface area (Å²) < 4.78 is 27.5. The number of aliphatic hydroxyl groups excluding tert-OH is 2. The largest absolute Gasteiger partial charge is 0.507 e. The number of fused-ring (bicyclic) bond motifs is 4. The number of aromatic hydroxyl groups is 2. The monoisotopic (exact) mass is 966 g/mol. The number of methoxy groups -OCH3 is 2. The fourth-order valence-corrected chi connectivity index (χ4v) is 10.1. The number of hydrogen-bond acceptors (Lipinski definition) is 13. The van der Waals surface area contributed by atoms with Gasteiger partial charge >= 0.3 is 0 Å². The van der Waals surface area contributed by atoms with Gasteiger partial charge in [-0.05, 0) is 146 Å². The van der Waals surface area contributed by atoms with Crippen molar-refractivity contribution in [3.8, 4) is 23.0 Å². The van der Waals surface area contributed by atoms with E-state index in [4.69, 9.17) is 28.8 Å². The van der Waals surface area contributed by atoms with E-state index in [1.54, 1.807) is 34.1 Å². The molecule has 2 aliphatic carbocycles. The second-order valence-electron chi connectivity index (χ2n) is 18.1. The lowest BCUT2D eigenvalue weighted by Crippen LogP contribution is -2.21. The van der Waals surface area contributed by atoms with E-state index in [0.29, 0.717) is 93.0 Å². The lowest BCUT2D eigenvalue weighted by Gasteiger charge is -2.32. The van der Waals surface area contributed by atoms with Gasteiger partial charge in [-0.1, -0.05) is 36.4 Å². The first-order valence-corrected chi connectivity index (χ1v) is 23.8. The number of allylic oxidation sites excluding steroid dienone is 1. The average molecular weight is 967 g/mol. The van der Waals surface area contributed by atoms with Crippen molar-refractivity contribution in [2.75, 3.05) is 20.8 Å². The van der Waals surface area contributed by atoms with E-state index in [-0.39, 0.29) is 29.3 Å². The number of hydrogen-bond donors (Lipinski definition) is 4. The molecule has 6 aromatic rings. The molecule has 9 rings (SSSR count). The molecule has 0 amide bonds. The maximum atomic E-state index is 12.9. The Hall–Kier alpha value is -6.74. The van der Waals surface area contributed by atoms with E-state index in [0.717, 1.165) is 83.2 Å². The number of ether oxygens (including phenoxy) is 5. The number of carbonyl (C=O) groups excluding carboxylic acids is 4. The molecule has 0 bridgehead atoms. The number of aryl methyl sites for hydroxylation is 4. The molecule has 0 aromatic heterocycles. The van der Waals surface area contributed by atoms with Gasteiger partial charge in [0.15, 0.2) is 30.9 Å². The van der Waals surface area contributed by atoms with Gasteiger partial charge < -0.3 is 44.1 Å². The van der Waals surface area contributed by atoms with Gasteiger partial charge in [-0.25, -0.2) is 0 Å². The fourth-order valence-electron chi connectivity index (χ4n) is 10.1. The van der Waals surface area contributed by atoms with Crippen LogP contribution in [0.25, 0.3) is 27.6 Å². The molecule has 0 saturated carbocycles. The molecule has 71 heavy (non-hydrogen) atoms. The van der Waals surface area contributed by atoms with E-state index in [9.17, 15) is 34.5 Å². The van der Waals surface area contributed by atoms with E-state index in [1.165, 1.54) is 0 Å². The summed E-state index contributed by atoms with van der Waals surface area (Å²) in [5, 5.41) is 43.9. The number of phenols is 2. The average Bonchev–Trinajstić information content (AvgIpc) is 3.86. The van der Waals surface area contributed by atoms with Crippen LogP contribution in [-0.2, 0) is 27.4 Å². The molecule has 13 heteroatoms. The topological polar surface area (TPSA) is 195 Å². The van der Waals surface area contributed by atoms with E-state index in [2.05, 4.69) is 0 Å². The molecule has 1 aliphatic heterocycles. The van der Waals surface area contributed by atoms with Gasteiger partial charge in [0.05, 0.1) is 51.3 Å². The summed E-state index contributed by atoms with van der Waals surface area (Å²) in [7, 11) is 3.22. The molecule has 4 N–H and O–H groups in total.